The minimum absolute atomic E-state index is 0.0747. The number of carbonyl (C=O) groups excluding carboxylic acids is 1. The molecule has 1 fully saturated rings. The molecule has 0 bridgehead atoms. The van der Waals surface area contributed by atoms with Gasteiger partial charge in [0.15, 0.2) is 0 Å². The van der Waals surface area contributed by atoms with E-state index in [0.717, 1.165) is 18.8 Å². The maximum atomic E-state index is 13.0. The molecule has 1 aromatic heterocycles. The predicted molar refractivity (Wildman–Crippen MR) is 97.3 cm³/mol. The van der Waals surface area contributed by atoms with Gasteiger partial charge in [0, 0.05) is 51.0 Å². The third-order valence-electron chi connectivity index (χ3n) is 4.38. The molecule has 0 spiro atoms. The number of nitrogens with one attached hydrogen (secondary N) is 1. The van der Waals surface area contributed by atoms with Gasteiger partial charge in [-0.3, -0.25) is 4.79 Å². The van der Waals surface area contributed by atoms with Crippen molar-refractivity contribution in [1.29, 1.82) is 5.26 Å². The Hall–Kier alpha value is -3.14. The number of carbonyl (C=O) groups is 1. The molecule has 1 aromatic carbocycles. The van der Waals surface area contributed by atoms with Crippen LogP contribution in [0.15, 0.2) is 42.6 Å². The highest BCUT2D eigenvalue weighted by atomic mass is 19.1. The molecule has 1 saturated heterocycles. The normalized spacial score (nSPS) is 14.0. The van der Waals surface area contributed by atoms with Gasteiger partial charge in [-0.1, -0.05) is 0 Å². The second kappa shape index (κ2) is 8.30. The van der Waals surface area contributed by atoms with Gasteiger partial charge < -0.3 is 15.1 Å². The Bertz CT molecular complexity index is 794. The van der Waals surface area contributed by atoms with E-state index in [1.54, 1.807) is 30.5 Å². The number of rotatable bonds is 5. The summed E-state index contributed by atoms with van der Waals surface area (Å²) in [6.07, 6.45) is 1.96. The van der Waals surface area contributed by atoms with Crippen molar-refractivity contribution in [3.8, 4) is 6.07 Å². The lowest BCUT2D eigenvalue weighted by atomic mass is 10.2. The van der Waals surface area contributed by atoms with Crippen molar-refractivity contribution >= 4 is 17.4 Å². The quantitative estimate of drug-likeness (QED) is 0.893. The van der Waals surface area contributed by atoms with Crippen LogP contribution in [0.3, 0.4) is 0 Å². The standard InChI is InChI=1S/C19H20FN5O/c20-16-3-5-17(6-4-16)24-10-12-25(13-11-24)18(26)7-9-23-19-15(14-21)2-1-8-22-19/h1-6,8H,7,9-13H2,(H,22,23). The number of halogens is 1. The second-order valence-electron chi connectivity index (χ2n) is 6.03. The first-order valence-electron chi connectivity index (χ1n) is 8.54. The molecule has 0 unspecified atom stereocenters. The van der Waals surface area contributed by atoms with Crippen molar-refractivity contribution in [3.05, 3.63) is 54.0 Å². The molecule has 6 nitrogen and oxygen atoms in total. The van der Waals surface area contributed by atoms with Crippen molar-refractivity contribution in [2.24, 2.45) is 0 Å². The lowest BCUT2D eigenvalue weighted by molar-refractivity contribution is -0.131. The van der Waals surface area contributed by atoms with E-state index < -0.39 is 0 Å². The molecule has 1 N–H and O–H groups in total. The summed E-state index contributed by atoms with van der Waals surface area (Å²) in [5.41, 5.74) is 1.44. The van der Waals surface area contributed by atoms with Crippen LogP contribution in [0.1, 0.15) is 12.0 Å². The molecular weight excluding hydrogens is 333 g/mol. The van der Waals surface area contributed by atoms with Crippen LogP contribution in [0.5, 0.6) is 0 Å². The van der Waals surface area contributed by atoms with Crippen molar-refractivity contribution in [3.63, 3.8) is 0 Å². The Morgan fingerprint density at radius 2 is 1.92 bits per heavy atom. The summed E-state index contributed by atoms with van der Waals surface area (Å²) in [5, 5.41) is 12.1. The van der Waals surface area contributed by atoms with Gasteiger partial charge in [0.2, 0.25) is 5.91 Å². The molecule has 26 heavy (non-hydrogen) atoms. The third-order valence-corrected chi connectivity index (χ3v) is 4.38. The van der Waals surface area contributed by atoms with E-state index in [-0.39, 0.29) is 11.7 Å². The zero-order valence-corrected chi connectivity index (χ0v) is 14.4. The Morgan fingerprint density at radius 1 is 1.19 bits per heavy atom. The van der Waals surface area contributed by atoms with Crippen LogP contribution in [0, 0.1) is 17.1 Å². The van der Waals surface area contributed by atoms with Crippen molar-refractivity contribution in [2.45, 2.75) is 6.42 Å². The summed E-state index contributed by atoms with van der Waals surface area (Å²) >= 11 is 0. The van der Waals surface area contributed by atoms with E-state index in [1.807, 2.05) is 4.90 Å². The van der Waals surface area contributed by atoms with Gasteiger partial charge in [-0.15, -0.1) is 0 Å². The predicted octanol–water partition coefficient (Wildman–Crippen LogP) is 2.24. The van der Waals surface area contributed by atoms with Crippen LogP contribution >= 0.6 is 0 Å². The molecule has 1 aliphatic rings. The van der Waals surface area contributed by atoms with E-state index in [2.05, 4.69) is 21.3 Å². The fraction of sp³-hybridized carbons (Fsp3) is 0.316. The summed E-state index contributed by atoms with van der Waals surface area (Å²) in [6.45, 7) is 3.17. The van der Waals surface area contributed by atoms with Gasteiger partial charge in [-0.2, -0.15) is 5.26 Å². The number of nitriles is 1. The number of pyridine rings is 1. The average Bonchev–Trinajstić information content (AvgIpc) is 2.69. The van der Waals surface area contributed by atoms with Crippen LogP contribution in [0.25, 0.3) is 0 Å². The highest BCUT2D eigenvalue weighted by molar-refractivity contribution is 5.77. The second-order valence-corrected chi connectivity index (χ2v) is 6.03. The Balaban J connectivity index is 1.45. The summed E-state index contributed by atoms with van der Waals surface area (Å²) < 4.78 is 13.0. The SMILES string of the molecule is N#Cc1cccnc1NCCC(=O)N1CCN(c2ccc(F)cc2)CC1. The van der Waals surface area contributed by atoms with Crippen molar-refractivity contribution in [1.82, 2.24) is 9.88 Å². The number of nitrogens with zero attached hydrogens (tertiary/aromatic N) is 4. The number of piperazine rings is 1. The zero-order chi connectivity index (χ0) is 18.4. The van der Waals surface area contributed by atoms with Gasteiger partial charge in [-0.25, -0.2) is 9.37 Å². The molecule has 2 heterocycles. The smallest absolute Gasteiger partial charge is 0.224 e. The van der Waals surface area contributed by atoms with Crippen LogP contribution in [0.2, 0.25) is 0 Å². The molecular formula is C19H20FN5O. The van der Waals surface area contributed by atoms with E-state index >= 15 is 0 Å². The molecule has 1 amide bonds. The molecule has 134 valence electrons. The lowest BCUT2D eigenvalue weighted by Gasteiger charge is -2.36. The van der Waals surface area contributed by atoms with E-state index in [4.69, 9.17) is 5.26 Å². The minimum Gasteiger partial charge on any atom is -0.368 e. The molecule has 3 rings (SSSR count). The van der Waals surface area contributed by atoms with E-state index in [1.165, 1.54) is 12.1 Å². The number of anilines is 2. The van der Waals surface area contributed by atoms with Crippen molar-refractivity contribution in [2.75, 3.05) is 42.9 Å². The van der Waals surface area contributed by atoms with Crippen LogP contribution in [-0.4, -0.2) is 48.5 Å². The zero-order valence-electron chi connectivity index (χ0n) is 14.4. The van der Waals surface area contributed by atoms with Gasteiger partial charge in [0.05, 0.1) is 5.56 Å². The number of hydrogen-bond acceptors (Lipinski definition) is 5. The van der Waals surface area contributed by atoms with Gasteiger partial charge in [-0.05, 0) is 36.4 Å². The minimum atomic E-state index is -0.248. The summed E-state index contributed by atoms with van der Waals surface area (Å²) in [4.78, 5) is 20.5. The Kier molecular flexibility index (Phi) is 5.64. The van der Waals surface area contributed by atoms with E-state index in [0.29, 0.717) is 37.4 Å². The van der Waals surface area contributed by atoms with Crippen LogP contribution in [0.4, 0.5) is 15.9 Å². The summed E-state index contributed by atoms with van der Waals surface area (Å²) in [7, 11) is 0. The highest BCUT2D eigenvalue weighted by Gasteiger charge is 2.21. The molecule has 1 aliphatic heterocycles. The molecule has 0 saturated carbocycles. The fourth-order valence-corrected chi connectivity index (χ4v) is 2.95. The average molecular weight is 353 g/mol. The number of amides is 1. The number of benzene rings is 1. The van der Waals surface area contributed by atoms with Gasteiger partial charge >= 0.3 is 0 Å². The number of hydrogen-bond donors (Lipinski definition) is 1. The summed E-state index contributed by atoms with van der Waals surface area (Å²) in [5.74, 6) is 0.331. The highest BCUT2D eigenvalue weighted by Crippen LogP contribution is 2.17. The lowest BCUT2D eigenvalue weighted by Crippen LogP contribution is -2.49. The first-order valence-corrected chi connectivity index (χ1v) is 8.54. The largest absolute Gasteiger partial charge is 0.368 e. The van der Waals surface area contributed by atoms with Gasteiger partial charge in [0.25, 0.3) is 0 Å². The van der Waals surface area contributed by atoms with E-state index in [9.17, 15) is 9.18 Å². The first kappa shape index (κ1) is 17.7. The Labute approximate surface area is 151 Å². The molecule has 2 aromatic rings. The van der Waals surface area contributed by atoms with Crippen molar-refractivity contribution < 1.29 is 9.18 Å². The first-order chi connectivity index (χ1) is 12.7. The molecule has 0 atom stereocenters. The fourth-order valence-electron chi connectivity index (χ4n) is 2.95. The van der Waals surface area contributed by atoms with Crippen LogP contribution < -0.4 is 10.2 Å². The van der Waals surface area contributed by atoms with Gasteiger partial charge in [0.1, 0.15) is 17.7 Å². The molecule has 0 aliphatic carbocycles. The number of aromatic nitrogens is 1. The monoisotopic (exact) mass is 353 g/mol. The summed E-state index contributed by atoms with van der Waals surface area (Å²) in [6, 6.07) is 11.9. The Morgan fingerprint density at radius 3 is 2.62 bits per heavy atom. The van der Waals surface area contributed by atoms with Crippen LogP contribution in [-0.2, 0) is 4.79 Å². The molecule has 7 heteroatoms. The maximum absolute atomic E-state index is 13.0. The topological polar surface area (TPSA) is 72.3 Å². The maximum Gasteiger partial charge on any atom is 0.224 e. The molecule has 0 radical (unpaired) electrons. The third kappa shape index (κ3) is 4.28.